The van der Waals surface area contributed by atoms with Crippen LogP contribution in [0, 0.1) is 5.92 Å². The Morgan fingerprint density at radius 2 is 1.88 bits per heavy atom. The molecule has 1 aromatic heterocycles. The minimum Gasteiger partial charge on any atom is -0.372 e. The monoisotopic (exact) mass is 298 g/mol. The van der Waals surface area contributed by atoms with E-state index < -0.39 is 0 Å². The van der Waals surface area contributed by atoms with Crippen LogP contribution in [-0.2, 0) is 0 Å². The van der Waals surface area contributed by atoms with Crippen LogP contribution in [-0.4, -0.2) is 29.6 Å². The van der Waals surface area contributed by atoms with E-state index in [1.54, 1.807) is 0 Å². The zero-order valence-corrected chi connectivity index (χ0v) is 11.7. The van der Waals surface area contributed by atoms with E-state index in [0.29, 0.717) is 10.8 Å². The number of anilines is 1. The Hall–Kier alpha value is -0.680. The lowest BCUT2D eigenvalue weighted by Crippen LogP contribution is -2.32. The molecule has 5 heteroatoms. The molecule has 1 fully saturated rings. The minimum atomic E-state index is 0.424. The average molecular weight is 299 g/mol. The van der Waals surface area contributed by atoms with Crippen LogP contribution in [0.15, 0.2) is 17.1 Å². The standard InChI is InChI=1S/C12H19BrN4/c1-17(11-6-15-12(13)16-7-11)8-9-2-4-10(14)5-3-9/h6-7,9-10H,2-5,8,14H2,1H3. The first-order chi connectivity index (χ1) is 8.15. The van der Waals surface area contributed by atoms with Gasteiger partial charge in [0.2, 0.25) is 0 Å². The Kier molecular flexibility index (Phi) is 4.34. The van der Waals surface area contributed by atoms with Crippen molar-refractivity contribution in [3.05, 3.63) is 17.1 Å². The number of rotatable bonds is 3. The third-order valence-corrected chi connectivity index (χ3v) is 3.88. The van der Waals surface area contributed by atoms with Gasteiger partial charge >= 0.3 is 0 Å². The van der Waals surface area contributed by atoms with Gasteiger partial charge in [0.05, 0.1) is 18.1 Å². The van der Waals surface area contributed by atoms with E-state index in [9.17, 15) is 0 Å². The molecule has 1 saturated carbocycles. The zero-order valence-electron chi connectivity index (χ0n) is 10.1. The van der Waals surface area contributed by atoms with Crippen molar-refractivity contribution in [3.63, 3.8) is 0 Å². The fourth-order valence-corrected chi connectivity index (χ4v) is 2.57. The second kappa shape index (κ2) is 5.78. The SMILES string of the molecule is CN(CC1CCC(N)CC1)c1cnc(Br)nc1. The largest absolute Gasteiger partial charge is 0.372 e. The molecule has 0 unspecified atom stereocenters. The summed E-state index contributed by atoms with van der Waals surface area (Å²) in [5.41, 5.74) is 6.99. The third kappa shape index (κ3) is 3.64. The highest BCUT2D eigenvalue weighted by Crippen LogP contribution is 2.25. The second-order valence-corrected chi connectivity index (χ2v) is 5.58. The zero-order chi connectivity index (χ0) is 12.3. The van der Waals surface area contributed by atoms with E-state index in [-0.39, 0.29) is 0 Å². The number of halogens is 1. The highest BCUT2D eigenvalue weighted by atomic mass is 79.9. The van der Waals surface area contributed by atoms with Crippen LogP contribution >= 0.6 is 15.9 Å². The van der Waals surface area contributed by atoms with Gasteiger partial charge in [0, 0.05) is 19.6 Å². The Bertz CT molecular complexity index is 346. The molecule has 4 nitrogen and oxygen atoms in total. The lowest BCUT2D eigenvalue weighted by Gasteiger charge is -2.30. The Morgan fingerprint density at radius 1 is 1.29 bits per heavy atom. The predicted octanol–water partition coefficient (Wildman–Crippen LogP) is 2.19. The summed E-state index contributed by atoms with van der Waals surface area (Å²) in [7, 11) is 2.10. The second-order valence-electron chi connectivity index (χ2n) is 4.87. The maximum atomic E-state index is 5.92. The summed E-state index contributed by atoms with van der Waals surface area (Å²) < 4.78 is 0.637. The molecular weight excluding hydrogens is 280 g/mol. The van der Waals surface area contributed by atoms with Crippen LogP contribution in [0.4, 0.5) is 5.69 Å². The van der Waals surface area contributed by atoms with Crippen molar-refractivity contribution in [2.24, 2.45) is 11.7 Å². The fourth-order valence-electron chi connectivity index (χ4n) is 2.37. The molecule has 1 heterocycles. The molecule has 0 atom stereocenters. The van der Waals surface area contributed by atoms with E-state index in [1.807, 2.05) is 12.4 Å². The highest BCUT2D eigenvalue weighted by Gasteiger charge is 2.19. The van der Waals surface area contributed by atoms with Gasteiger partial charge < -0.3 is 10.6 Å². The normalized spacial score (nSPS) is 24.6. The summed E-state index contributed by atoms with van der Waals surface area (Å²) in [5, 5.41) is 0. The van der Waals surface area contributed by atoms with Crippen molar-refractivity contribution >= 4 is 21.6 Å². The van der Waals surface area contributed by atoms with Crippen molar-refractivity contribution < 1.29 is 0 Å². The van der Waals surface area contributed by atoms with Gasteiger partial charge in [-0.15, -0.1) is 0 Å². The van der Waals surface area contributed by atoms with Crippen molar-refractivity contribution in [1.82, 2.24) is 9.97 Å². The maximum Gasteiger partial charge on any atom is 0.196 e. The first-order valence-corrected chi connectivity index (χ1v) is 6.88. The number of hydrogen-bond donors (Lipinski definition) is 1. The molecule has 1 aliphatic rings. The molecule has 0 amide bonds. The van der Waals surface area contributed by atoms with Crippen LogP contribution in [0.3, 0.4) is 0 Å². The topological polar surface area (TPSA) is 55.0 Å². The summed E-state index contributed by atoms with van der Waals surface area (Å²) >= 11 is 3.25. The Morgan fingerprint density at radius 3 is 2.47 bits per heavy atom. The molecule has 2 rings (SSSR count). The Balaban J connectivity index is 1.88. The number of nitrogens with zero attached hydrogens (tertiary/aromatic N) is 3. The van der Waals surface area contributed by atoms with Gasteiger partial charge in [0.1, 0.15) is 0 Å². The molecule has 1 aliphatic carbocycles. The molecule has 0 bridgehead atoms. The van der Waals surface area contributed by atoms with Crippen LogP contribution in [0.1, 0.15) is 25.7 Å². The van der Waals surface area contributed by atoms with Gasteiger partial charge in [0.15, 0.2) is 4.73 Å². The van der Waals surface area contributed by atoms with Crippen molar-refractivity contribution in [2.75, 3.05) is 18.5 Å². The van der Waals surface area contributed by atoms with Crippen molar-refractivity contribution in [2.45, 2.75) is 31.7 Å². The molecule has 0 aliphatic heterocycles. The molecule has 0 radical (unpaired) electrons. The van der Waals surface area contributed by atoms with Crippen LogP contribution in [0.25, 0.3) is 0 Å². The number of hydrogen-bond acceptors (Lipinski definition) is 4. The van der Waals surface area contributed by atoms with Gasteiger partial charge in [-0.05, 0) is 47.5 Å². The highest BCUT2D eigenvalue weighted by molar-refractivity contribution is 9.10. The fraction of sp³-hybridized carbons (Fsp3) is 0.667. The predicted molar refractivity (Wildman–Crippen MR) is 72.9 cm³/mol. The lowest BCUT2D eigenvalue weighted by atomic mass is 9.86. The van der Waals surface area contributed by atoms with Crippen molar-refractivity contribution in [3.8, 4) is 0 Å². The van der Waals surface area contributed by atoms with E-state index in [4.69, 9.17) is 5.73 Å². The molecule has 1 aromatic rings. The molecule has 2 N–H and O–H groups in total. The van der Waals surface area contributed by atoms with Gasteiger partial charge in [-0.25, -0.2) is 9.97 Å². The molecule has 0 saturated heterocycles. The van der Waals surface area contributed by atoms with Gasteiger partial charge in [-0.1, -0.05) is 0 Å². The van der Waals surface area contributed by atoms with Crippen molar-refractivity contribution in [1.29, 1.82) is 0 Å². The van der Waals surface area contributed by atoms with Crippen LogP contribution < -0.4 is 10.6 Å². The summed E-state index contributed by atoms with van der Waals surface area (Å²) in [6, 6.07) is 0.424. The number of nitrogens with two attached hydrogens (primary N) is 1. The summed E-state index contributed by atoms with van der Waals surface area (Å²) in [4.78, 5) is 10.5. The van der Waals surface area contributed by atoms with E-state index >= 15 is 0 Å². The first kappa shape index (κ1) is 12.8. The molecule has 0 spiro atoms. The first-order valence-electron chi connectivity index (χ1n) is 6.09. The summed E-state index contributed by atoms with van der Waals surface area (Å²) in [6.45, 7) is 1.07. The molecule has 94 valence electrons. The van der Waals surface area contributed by atoms with Gasteiger partial charge in [-0.2, -0.15) is 0 Å². The average Bonchev–Trinajstić information content (AvgIpc) is 2.33. The van der Waals surface area contributed by atoms with Gasteiger partial charge in [0.25, 0.3) is 0 Å². The molecular formula is C12H19BrN4. The minimum absolute atomic E-state index is 0.424. The quantitative estimate of drug-likeness (QED) is 0.869. The maximum absolute atomic E-state index is 5.92. The van der Waals surface area contributed by atoms with Gasteiger partial charge in [-0.3, -0.25) is 0 Å². The van der Waals surface area contributed by atoms with Crippen LogP contribution in [0.2, 0.25) is 0 Å². The summed E-state index contributed by atoms with van der Waals surface area (Å²) in [5.74, 6) is 0.753. The van der Waals surface area contributed by atoms with Crippen LogP contribution in [0.5, 0.6) is 0 Å². The molecule has 17 heavy (non-hydrogen) atoms. The van der Waals surface area contributed by atoms with E-state index in [0.717, 1.165) is 31.0 Å². The Labute approximate surface area is 111 Å². The van der Waals surface area contributed by atoms with E-state index in [2.05, 4.69) is 37.8 Å². The number of aromatic nitrogens is 2. The third-order valence-electron chi connectivity index (χ3n) is 3.47. The van der Waals surface area contributed by atoms with E-state index in [1.165, 1.54) is 12.8 Å². The molecule has 0 aromatic carbocycles. The summed E-state index contributed by atoms with van der Waals surface area (Å²) in [6.07, 6.45) is 8.51. The smallest absolute Gasteiger partial charge is 0.196 e. The lowest BCUT2D eigenvalue weighted by molar-refractivity contribution is 0.330.